The van der Waals surface area contributed by atoms with Crippen LogP contribution in [0.3, 0.4) is 0 Å². The molecule has 0 aliphatic carbocycles. The summed E-state index contributed by atoms with van der Waals surface area (Å²) >= 11 is 0. The maximum atomic E-state index is 11.7. The Balaban J connectivity index is 1.76. The molecule has 1 aliphatic heterocycles. The molecule has 0 bridgehead atoms. The van der Waals surface area contributed by atoms with E-state index in [1.807, 2.05) is 0 Å². The standard InChI is InChI=1S/C23H41NO4S2/c1-2-3-4-5-6-7-8-9-10-11-12-13-14-15-19-29-30-20-18-23(27)28-24-21(25)16-17-22(24)26/h2-20H2,1H3. The Morgan fingerprint density at radius 2 is 1.17 bits per heavy atom. The molecule has 0 unspecified atom stereocenters. The van der Waals surface area contributed by atoms with E-state index in [2.05, 4.69) is 6.92 Å². The minimum Gasteiger partial charge on any atom is -0.330 e. The molecule has 0 aromatic rings. The first-order chi connectivity index (χ1) is 14.6. The normalized spacial score (nSPS) is 14.0. The van der Waals surface area contributed by atoms with Crippen molar-refractivity contribution in [3.8, 4) is 0 Å². The molecular formula is C23H41NO4S2. The molecule has 0 atom stereocenters. The van der Waals surface area contributed by atoms with Gasteiger partial charge < -0.3 is 4.84 Å². The summed E-state index contributed by atoms with van der Waals surface area (Å²) in [7, 11) is 3.44. The lowest BCUT2D eigenvalue weighted by Crippen LogP contribution is -2.32. The van der Waals surface area contributed by atoms with Crippen LogP contribution in [0.25, 0.3) is 0 Å². The van der Waals surface area contributed by atoms with Crippen molar-refractivity contribution >= 4 is 39.4 Å². The number of carbonyl (C=O) groups excluding carboxylic acids is 3. The van der Waals surface area contributed by atoms with E-state index in [-0.39, 0.29) is 19.3 Å². The van der Waals surface area contributed by atoms with E-state index >= 15 is 0 Å². The van der Waals surface area contributed by atoms with E-state index in [1.54, 1.807) is 21.6 Å². The van der Waals surface area contributed by atoms with Crippen molar-refractivity contribution in [3.63, 3.8) is 0 Å². The van der Waals surface area contributed by atoms with Crippen molar-refractivity contribution in [1.29, 1.82) is 0 Å². The van der Waals surface area contributed by atoms with Crippen molar-refractivity contribution in [1.82, 2.24) is 5.06 Å². The van der Waals surface area contributed by atoms with Gasteiger partial charge in [-0.3, -0.25) is 9.59 Å². The number of nitrogens with zero attached hydrogens (tertiary/aromatic N) is 1. The van der Waals surface area contributed by atoms with Crippen LogP contribution in [-0.2, 0) is 19.2 Å². The predicted molar refractivity (Wildman–Crippen MR) is 127 cm³/mol. The summed E-state index contributed by atoms with van der Waals surface area (Å²) in [4.78, 5) is 39.3. The Kier molecular flexibility index (Phi) is 17.3. The van der Waals surface area contributed by atoms with Crippen LogP contribution in [0.5, 0.6) is 0 Å². The lowest BCUT2D eigenvalue weighted by Gasteiger charge is -2.12. The monoisotopic (exact) mass is 459 g/mol. The van der Waals surface area contributed by atoms with Crippen molar-refractivity contribution in [2.45, 2.75) is 116 Å². The second-order valence-electron chi connectivity index (χ2n) is 8.04. The first-order valence-corrected chi connectivity index (χ1v) is 14.4. The minimum absolute atomic E-state index is 0.135. The van der Waals surface area contributed by atoms with Crippen LogP contribution in [0.2, 0.25) is 0 Å². The molecule has 1 aliphatic rings. The number of hydroxylamine groups is 2. The molecule has 0 radical (unpaired) electrons. The fourth-order valence-electron chi connectivity index (χ4n) is 3.40. The van der Waals surface area contributed by atoms with Crippen molar-refractivity contribution in [2.75, 3.05) is 11.5 Å². The topological polar surface area (TPSA) is 63.7 Å². The highest BCUT2D eigenvalue weighted by molar-refractivity contribution is 8.76. The van der Waals surface area contributed by atoms with Gasteiger partial charge in [-0.2, -0.15) is 0 Å². The van der Waals surface area contributed by atoms with E-state index < -0.39 is 17.8 Å². The zero-order valence-corrected chi connectivity index (χ0v) is 20.5. The van der Waals surface area contributed by atoms with E-state index in [0.717, 1.165) is 5.75 Å². The zero-order valence-electron chi connectivity index (χ0n) is 18.8. The fourth-order valence-corrected chi connectivity index (χ4v) is 5.52. The molecule has 174 valence electrons. The molecule has 1 rings (SSSR count). The first-order valence-electron chi connectivity index (χ1n) is 12.0. The third-order valence-electron chi connectivity index (χ3n) is 5.25. The Hall–Kier alpha value is -0.690. The molecule has 1 saturated heterocycles. The van der Waals surface area contributed by atoms with Crippen LogP contribution < -0.4 is 0 Å². The van der Waals surface area contributed by atoms with Crippen LogP contribution in [0.1, 0.15) is 116 Å². The Morgan fingerprint density at radius 1 is 0.733 bits per heavy atom. The summed E-state index contributed by atoms with van der Waals surface area (Å²) in [5.41, 5.74) is 0. The van der Waals surface area contributed by atoms with Crippen LogP contribution >= 0.6 is 21.6 Å². The van der Waals surface area contributed by atoms with Crippen LogP contribution in [0.15, 0.2) is 0 Å². The number of hydrogen-bond acceptors (Lipinski definition) is 6. The van der Waals surface area contributed by atoms with Gasteiger partial charge in [0.15, 0.2) is 0 Å². The first kappa shape index (κ1) is 27.3. The third kappa shape index (κ3) is 14.3. The molecule has 2 amide bonds. The van der Waals surface area contributed by atoms with Crippen LogP contribution in [0, 0.1) is 0 Å². The Bertz CT molecular complexity index is 472. The molecule has 0 N–H and O–H groups in total. The largest absolute Gasteiger partial charge is 0.334 e. The minimum atomic E-state index is -0.511. The Labute approximate surface area is 191 Å². The maximum absolute atomic E-state index is 11.7. The van der Waals surface area contributed by atoms with Gasteiger partial charge in [0.2, 0.25) is 0 Å². The number of unbranched alkanes of at least 4 members (excludes halogenated alkanes) is 13. The second-order valence-corrected chi connectivity index (χ2v) is 10.7. The number of amides is 2. The molecule has 0 saturated carbocycles. The van der Waals surface area contributed by atoms with Crippen molar-refractivity contribution in [2.24, 2.45) is 0 Å². The molecule has 7 heteroatoms. The molecule has 1 fully saturated rings. The number of hydrogen-bond donors (Lipinski definition) is 0. The van der Waals surface area contributed by atoms with Crippen LogP contribution in [0.4, 0.5) is 0 Å². The Morgan fingerprint density at radius 3 is 1.67 bits per heavy atom. The molecular weight excluding hydrogens is 418 g/mol. The molecule has 30 heavy (non-hydrogen) atoms. The maximum Gasteiger partial charge on any atom is 0.334 e. The van der Waals surface area contributed by atoms with Gasteiger partial charge in [-0.05, 0) is 6.42 Å². The molecule has 1 heterocycles. The van der Waals surface area contributed by atoms with E-state index in [1.165, 1.54) is 89.9 Å². The number of rotatable bonds is 20. The SMILES string of the molecule is CCCCCCCCCCCCCCCCSSCCC(=O)ON1C(=O)CCC1=O. The smallest absolute Gasteiger partial charge is 0.330 e. The summed E-state index contributed by atoms with van der Waals surface area (Å²) < 4.78 is 0. The van der Waals surface area contributed by atoms with Gasteiger partial charge >= 0.3 is 5.97 Å². The van der Waals surface area contributed by atoms with Gasteiger partial charge in [-0.1, -0.05) is 112 Å². The average molecular weight is 460 g/mol. The summed E-state index contributed by atoms with van der Waals surface area (Å²) in [5, 5.41) is 0.620. The van der Waals surface area contributed by atoms with E-state index in [9.17, 15) is 14.4 Å². The molecule has 0 aromatic heterocycles. The summed E-state index contributed by atoms with van der Waals surface area (Å²) in [6.07, 6.45) is 19.7. The van der Waals surface area contributed by atoms with E-state index in [0.29, 0.717) is 10.8 Å². The second kappa shape index (κ2) is 19.0. The highest BCUT2D eigenvalue weighted by Gasteiger charge is 2.32. The third-order valence-corrected chi connectivity index (χ3v) is 7.75. The summed E-state index contributed by atoms with van der Waals surface area (Å²) in [6.45, 7) is 2.27. The highest BCUT2D eigenvalue weighted by Crippen LogP contribution is 2.24. The van der Waals surface area contributed by atoms with Crippen molar-refractivity contribution < 1.29 is 19.2 Å². The molecule has 0 aromatic carbocycles. The molecule has 5 nitrogen and oxygen atoms in total. The van der Waals surface area contributed by atoms with Gasteiger partial charge in [0.05, 0.1) is 6.42 Å². The number of carbonyl (C=O) groups is 3. The summed E-state index contributed by atoms with van der Waals surface area (Å²) in [5.74, 6) is 0.378. The van der Waals surface area contributed by atoms with Crippen LogP contribution in [-0.4, -0.2) is 34.4 Å². The summed E-state index contributed by atoms with van der Waals surface area (Å²) in [6, 6.07) is 0. The van der Waals surface area contributed by atoms with Gasteiger partial charge in [0.25, 0.3) is 11.8 Å². The fraction of sp³-hybridized carbons (Fsp3) is 0.870. The van der Waals surface area contributed by atoms with Gasteiger partial charge in [-0.25, -0.2) is 4.79 Å². The van der Waals surface area contributed by atoms with Gasteiger partial charge in [-0.15, -0.1) is 5.06 Å². The van der Waals surface area contributed by atoms with E-state index in [4.69, 9.17) is 4.84 Å². The number of imide groups is 1. The lowest BCUT2D eigenvalue weighted by molar-refractivity contribution is -0.197. The zero-order chi connectivity index (χ0) is 21.9. The van der Waals surface area contributed by atoms with Gasteiger partial charge in [0.1, 0.15) is 0 Å². The quantitative estimate of drug-likeness (QED) is 0.113. The predicted octanol–water partition coefficient (Wildman–Crippen LogP) is 6.85. The highest BCUT2D eigenvalue weighted by atomic mass is 33.1. The van der Waals surface area contributed by atoms with Crippen molar-refractivity contribution in [3.05, 3.63) is 0 Å². The van der Waals surface area contributed by atoms with Gasteiger partial charge in [0, 0.05) is 24.3 Å². The average Bonchev–Trinajstić information content (AvgIpc) is 3.05. The molecule has 0 spiro atoms. The lowest BCUT2D eigenvalue weighted by atomic mass is 10.0.